The molecular weight excluding hydrogens is 264 g/mol. The van der Waals surface area contributed by atoms with Gasteiger partial charge in [0.05, 0.1) is 23.4 Å². The Morgan fingerprint density at radius 1 is 1.53 bits per heavy atom. The van der Waals surface area contributed by atoms with E-state index in [2.05, 4.69) is 5.32 Å². The SMILES string of the molecule is CCCNc1cc(CSC2COC2)ccc1[N+](=O)[O-]. The van der Waals surface area contributed by atoms with Gasteiger partial charge in [0, 0.05) is 18.4 Å². The number of ether oxygens (including phenoxy) is 1. The van der Waals surface area contributed by atoms with Crippen molar-refractivity contribution in [2.45, 2.75) is 24.3 Å². The predicted molar refractivity (Wildman–Crippen MR) is 77.8 cm³/mol. The molecule has 0 amide bonds. The molecule has 6 heteroatoms. The summed E-state index contributed by atoms with van der Waals surface area (Å²) in [4.78, 5) is 10.6. The highest BCUT2D eigenvalue weighted by Crippen LogP contribution is 2.29. The molecule has 1 heterocycles. The number of nitrogens with zero attached hydrogens (tertiary/aromatic N) is 1. The topological polar surface area (TPSA) is 64.4 Å². The molecule has 5 nitrogen and oxygen atoms in total. The molecule has 1 aromatic rings. The van der Waals surface area contributed by atoms with Gasteiger partial charge in [-0.2, -0.15) is 0 Å². The van der Waals surface area contributed by atoms with Gasteiger partial charge in [-0.3, -0.25) is 10.1 Å². The van der Waals surface area contributed by atoms with Crippen molar-refractivity contribution in [2.75, 3.05) is 25.1 Å². The van der Waals surface area contributed by atoms with Gasteiger partial charge in [-0.05, 0) is 18.1 Å². The predicted octanol–water partition coefficient (Wildman–Crippen LogP) is 3.05. The van der Waals surface area contributed by atoms with Crippen LogP contribution in [0.25, 0.3) is 0 Å². The van der Waals surface area contributed by atoms with Crippen LogP contribution in [0.1, 0.15) is 18.9 Å². The zero-order chi connectivity index (χ0) is 13.7. The van der Waals surface area contributed by atoms with Gasteiger partial charge in [0.15, 0.2) is 0 Å². The average molecular weight is 282 g/mol. The molecule has 1 aromatic carbocycles. The lowest BCUT2D eigenvalue weighted by Gasteiger charge is -2.25. The van der Waals surface area contributed by atoms with Crippen molar-refractivity contribution in [2.24, 2.45) is 0 Å². The fourth-order valence-electron chi connectivity index (χ4n) is 1.76. The maximum absolute atomic E-state index is 11.0. The highest BCUT2D eigenvalue weighted by molar-refractivity contribution is 7.99. The van der Waals surface area contributed by atoms with Crippen LogP contribution in [0.2, 0.25) is 0 Å². The fraction of sp³-hybridized carbons (Fsp3) is 0.538. The Morgan fingerprint density at radius 3 is 2.89 bits per heavy atom. The minimum absolute atomic E-state index is 0.147. The zero-order valence-electron chi connectivity index (χ0n) is 10.9. The van der Waals surface area contributed by atoms with Gasteiger partial charge in [-0.1, -0.05) is 13.0 Å². The molecule has 0 saturated carbocycles. The fourth-order valence-corrected chi connectivity index (χ4v) is 2.75. The zero-order valence-corrected chi connectivity index (χ0v) is 11.7. The van der Waals surface area contributed by atoms with Crippen molar-refractivity contribution in [3.8, 4) is 0 Å². The Balaban J connectivity index is 2.04. The van der Waals surface area contributed by atoms with Crippen LogP contribution in [0, 0.1) is 10.1 Å². The molecule has 0 aliphatic carbocycles. The van der Waals surface area contributed by atoms with Gasteiger partial charge >= 0.3 is 0 Å². The first-order chi connectivity index (χ1) is 9.20. The Hall–Kier alpha value is -1.27. The van der Waals surface area contributed by atoms with E-state index in [-0.39, 0.29) is 10.6 Å². The van der Waals surface area contributed by atoms with Gasteiger partial charge in [0.2, 0.25) is 0 Å². The van der Waals surface area contributed by atoms with E-state index >= 15 is 0 Å². The largest absolute Gasteiger partial charge is 0.379 e. The molecule has 0 bridgehead atoms. The molecule has 0 unspecified atom stereocenters. The highest BCUT2D eigenvalue weighted by atomic mass is 32.2. The van der Waals surface area contributed by atoms with Crippen molar-refractivity contribution in [1.29, 1.82) is 0 Å². The third kappa shape index (κ3) is 3.84. The van der Waals surface area contributed by atoms with Crippen LogP contribution in [0.15, 0.2) is 18.2 Å². The molecule has 19 heavy (non-hydrogen) atoms. The summed E-state index contributed by atoms with van der Waals surface area (Å²) in [5.41, 5.74) is 1.88. The smallest absolute Gasteiger partial charge is 0.292 e. The summed E-state index contributed by atoms with van der Waals surface area (Å²) in [6, 6.07) is 5.31. The number of nitrogens with one attached hydrogen (secondary N) is 1. The third-order valence-electron chi connectivity index (χ3n) is 2.92. The van der Waals surface area contributed by atoms with Crippen LogP contribution in [0.4, 0.5) is 11.4 Å². The molecule has 0 spiro atoms. The quantitative estimate of drug-likeness (QED) is 0.615. The summed E-state index contributed by atoms with van der Waals surface area (Å²) in [5, 5.41) is 14.7. The van der Waals surface area contributed by atoms with Crippen LogP contribution in [0.5, 0.6) is 0 Å². The van der Waals surface area contributed by atoms with E-state index < -0.39 is 0 Å². The van der Waals surface area contributed by atoms with Crippen molar-refractivity contribution < 1.29 is 9.66 Å². The van der Waals surface area contributed by atoms with Crippen molar-refractivity contribution in [1.82, 2.24) is 0 Å². The summed E-state index contributed by atoms with van der Waals surface area (Å²) in [5.74, 6) is 0.868. The summed E-state index contributed by atoms with van der Waals surface area (Å²) in [7, 11) is 0. The Morgan fingerprint density at radius 2 is 2.32 bits per heavy atom. The molecule has 1 saturated heterocycles. The van der Waals surface area contributed by atoms with E-state index in [4.69, 9.17) is 4.74 Å². The highest BCUT2D eigenvalue weighted by Gasteiger charge is 2.19. The molecule has 1 aliphatic heterocycles. The second kappa shape index (κ2) is 6.77. The summed E-state index contributed by atoms with van der Waals surface area (Å²) >= 11 is 1.84. The maximum Gasteiger partial charge on any atom is 0.292 e. The summed E-state index contributed by atoms with van der Waals surface area (Å²) in [6.07, 6.45) is 0.940. The second-order valence-electron chi connectivity index (χ2n) is 4.51. The lowest BCUT2D eigenvalue weighted by atomic mass is 10.2. The minimum atomic E-state index is -0.339. The van der Waals surface area contributed by atoms with Gasteiger partial charge in [-0.25, -0.2) is 0 Å². The number of anilines is 1. The molecule has 0 atom stereocenters. The molecule has 0 radical (unpaired) electrons. The number of thioether (sulfide) groups is 1. The Labute approximate surface area is 116 Å². The first-order valence-corrected chi connectivity index (χ1v) is 7.46. The molecule has 1 N–H and O–H groups in total. The maximum atomic E-state index is 11.0. The average Bonchev–Trinajstić information content (AvgIpc) is 2.34. The lowest BCUT2D eigenvalue weighted by Crippen LogP contribution is -2.30. The molecule has 1 aliphatic rings. The van der Waals surface area contributed by atoms with Crippen molar-refractivity contribution >= 4 is 23.1 Å². The van der Waals surface area contributed by atoms with Crippen LogP contribution in [-0.2, 0) is 10.5 Å². The van der Waals surface area contributed by atoms with Gasteiger partial charge in [-0.15, -0.1) is 11.8 Å². The van der Waals surface area contributed by atoms with E-state index in [9.17, 15) is 10.1 Å². The molecule has 104 valence electrons. The number of rotatable bonds is 7. The molecule has 1 fully saturated rings. The number of hydrogen-bond donors (Lipinski definition) is 1. The van der Waals surface area contributed by atoms with Crippen LogP contribution in [0.3, 0.4) is 0 Å². The molecule has 0 aromatic heterocycles. The van der Waals surface area contributed by atoms with E-state index in [0.29, 0.717) is 10.9 Å². The van der Waals surface area contributed by atoms with E-state index in [1.165, 1.54) is 0 Å². The summed E-state index contributed by atoms with van der Waals surface area (Å²) in [6.45, 7) is 4.42. The molecular formula is C13H18N2O3S. The Kier molecular flexibility index (Phi) is 5.04. The number of nitro benzene ring substituents is 1. The molecule has 2 rings (SSSR count). The third-order valence-corrected chi connectivity index (χ3v) is 4.16. The van der Waals surface area contributed by atoms with Gasteiger partial charge in [0.1, 0.15) is 5.69 Å². The van der Waals surface area contributed by atoms with Crippen molar-refractivity contribution in [3.05, 3.63) is 33.9 Å². The van der Waals surface area contributed by atoms with Gasteiger partial charge < -0.3 is 10.1 Å². The van der Waals surface area contributed by atoms with E-state index in [0.717, 1.165) is 37.5 Å². The van der Waals surface area contributed by atoms with Crippen molar-refractivity contribution in [3.63, 3.8) is 0 Å². The monoisotopic (exact) mass is 282 g/mol. The summed E-state index contributed by atoms with van der Waals surface area (Å²) < 4.78 is 5.13. The lowest BCUT2D eigenvalue weighted by molar-refractivity contribution is -0.384. The second-order valence-corrected chi connectivity index (χ2v) is 5.79. The first kappa shape index (κ1) is 14.1. The standard InChI is InChI=1S/C13H18N2O3S/c1-2-5-14-12-6-10(3-4-13(12)15(16)17)9-19-11-7-18-8-11/h3-4,6,11,14H,2,5,7-9H2,1H3. The first-order valence-electron chi connectivity index (χ1n) is 6.41. The Bertz CT molecular complexity index is 450. The van der Waals surface area contributed by atoms with E-state index in [1.54, 1.807) is 6.07 Å². The number of nitro groups is 1. The van der Waals surface area contributed by atoms with Crippen LogP contribution >= 0.6 is 11.8 Å². The van der Waals surface area contributed by atoms with Gasteiger partial charge in [0.25, 0.3) is 5.69 Å². The van der Waals surface area contributed by atoms with Crippen LogP contribution in [-0.4, -0.2) is 29.9 Å². The van der Waals surface area contributed by atoms with Crippen LogP contribution < -0.4 is 5.32 Å². The van der Waals surface area contributed by atoms with E-state index in [1.807, 2.05) is 30.8 Å². The minimum Gasteiger partial charge on any atom is -0.379 e. The normalized spacial score (nSPS) is 15.0. The number of hydrogen-bond acceptors (Lipinski definition) is 5. The number of benzene rings is 1.